The van der Waals surface area contributed by atoms with Gasteiger partial charge in [-0.05, 0) is 32.4 Å². The third-order valence-electron chi connectivity index (χ3n) is 3.53. The molecule has 0 aromatic rings. The fourth-order valence-electron chi connectivity index (χ4n) is 2.44. The highest BCUT2D eigenvalue weighted by atomic mass is 35.5. The number of nitrogens with zero attached hydrogens (tertiary/aromatic N) is 1. The zero-order chi connectivity index (χ0) is 14.3. The Morgan fingerprint density at radius 2 is 2.05 bits per heavy atom. The number of unbranched alkanes of at least 4 members (excludes halogenated alkanes) is 2. The van der Waals surface area contributed by atoms with Crippen molar-refractivity contribution in [2.24, 2.45) is 5.92 Å². The molecule has 1 rings (SSSR count). The average Bonchev–Trinajstić information content (AvgIpc) is 2.78. The van der Waals surface area contributed by atoms with Crippen LogP contribution in [0.2, 0.25) is 0 Å². The molecule has 120 valence electrons. The summed E-state index contributed by atoms with van der Waals surface area (Å²) in [5.41, 5.74) is 0. The van der Waals surface area contributed by atoms with Crippen LogP contribution in [0.3, 0.4) is 0 Å². The van der Waals surface area contributed by atoms with Gasteiger partial charge in [0.05, 0.1) is 5.75 Å². The first kappa shape index (κ1) is 19.7. The Balaban J connectivity index is 0.00000361. The summed E-state index contributed by atoms with van der Waals surface area (Å²) < 4.78 is 23.6. The van der Waals surface area contributed by atoms with E-state index in [1.807, 2.05) is 14.0 Å². The molecule has 1 saturated heterocycles. The van der Waals surface area contributed by atoms with E-state index in [2.05, 4.69) is 5.32 Å². The number of amides is 1. The summed E-state index contributed by atoms with van der Waals surface area (Å²) in [4.78, 5) is 13.7. The molecule has 0 aromatic carbocycles. The molecule has 0 radical (unpaired) electrons. The molecule has 0 aliphatic carbocycles. The van der Waals surface area contributed by atoms with Gasteiger partial charge in [0.25, 0.3) is 0 Å². The molecule has 20 heavy (non-hydrogen) atoms. The number of nitrogens with one attached hydrogen (secondary N) is 1. The summed E-state index contributed by atoms with van der Waals surface area (Å²) >= 11 is 0. The van der Waals surface area contributed by atoms with E-state index in [0.29, 0.717) is 25.4 Å². The van der Waals surface area contributed by atoms with Crippen LogP contribution in [0.1, 0.15) is 32.6 Å². The first-order valence-electron chi connectivity index (χ1n) is 7.11. The van der Waals surface area contributed by atoms with E-state index in [4.69, 9.17) is 0 Å². The molecule has 5 nitrogen and oxygen atoms in total. The van der Waals surface area contributed by atoms with Gasteiger partial charge in [0.1, 0.15) is 5.75 Å². The predicted octanol–water partition coefficient (Wildman–Crippen LogP) is 1.08. The second-order valence-electron chi connectivity index (χ2n) is 5.35. The van der Waals surface area contributed by atoms with Crippen LogP contribution in [0.25, 0.3) is 0 Å². The molecule has 1 fully saturated rings. The summed E-state index contributed by atoms with van der Waals surface area (Å²) in [6.45, 7) is 4.29. The monoisotopic (exact) mass is 326 g/mol. The summed E-state index contributed by atoms with van der Waals surface area (Å²) in [7, 11) is -1.34. The van der Waals surface area contributed by atoms with E-state index >= 15 is 0 Å². The van der Waals surface area contributed by atoms with Crippen molar-refractivity contribution in [1.82, 2.24) is 10.2 Å². The molecule has 1 N–H and O–H groups in total. The minimum atomic E-state index is -3.23. The Morgan fingerprint density at radius 3 is 2.65 bits per heavy atom. The van der Waals surface area contributed by atoms with Gasteiger partial charge in [0.2, 0.25) is 5.91 Å². The Kier molecular flexibility index (Phi) is 9.42. The molecule has 1 atom stereocenters. The Bertz CT molecular complexity index is 387. The molecule has 1 amide bonds. The van der Waals surface area contributed by atoms with Crippen molar-refractivity contribution >= 4 is 28.2 Å². The van der Waals surface area contributed by atoms with Gasteiger partial charge in [-0.25, -0.2) is 8.42 Å². The minimum Gasteiger partial charge on any atom is -0.341 e. The highest BCUT2D eigenvalue weighted by Crippen LogP contribution is 2.16. The smallest absolute Gasteiger partial charge is 0.237 e. The van der Waals surface area contributed by atoms with E-state index in [0.717, 1.165) is 25.8 Å². The van der Waals surface area contributed by atoms with Crippen LogP contribution in [0.5, 0.6) is 0 Å². The lowest BCUT2D eigenvalue weighted by Crippen LogP contribution is -2.35. The minimum absolute atomic E-state index is 0. The molecule has 1 unspecified atom stereocenters. The maximum atomic E-state index is 12.0. The molecule has 7 heteroatoms. The third-order valence-corrected chi connectivity index (χ3v) is 5.13. The van der Waals surface area contributed by atoms with E-state index < -0.39 is 9.84 Å². The second kappa shape index (κ2) is 9.58. The van der Waals surface area contributed by atoms with Gasteiger partial charge in [0, 0.05) is 13.1 Å². The number of carbonyl (C=O) groups is 1. The van der Waals surface area contributed by atoms with Gasteiger partial charge in [-0.15, -0.1) is 12.4 Å². The van der Waals surface area contributed by atoms with Gasteiger partial charge in [-0.3, -0.25) is 4.79 Å². The Hall–Kier alpha value is -0.330. The summed E-state index contributed by atoms with van der Waals surface area (Å²) in [6, 6.07) is 0. The lowest BCUT2D eigenvalue weighted by Gasteiger charge is -2.16. The first-order valence-corrected chi connectivity index (χ1v) is 8.93. The van der Waals surface area contributed by atoms with Crippen molar-refractivity contribution in [1.29, 1.82) is 0 Å². The zero-order valence-electron chi connectivity index (χ0n) is 12.4. The summed E-state index contributed by atoms with van der Waals surface area (Å²) in [6.07, 6.45) is 3.51. The number of carbonyl (C=O) groups excluding carboxylic acids is 1. The number of hydrogen-bond acceptors (Lipinski definition) is 4. The lowest BCUT2D eigenvalue weighted by atomic mass is 10.1. The quantitative estimate of drug-likeness (QED) is 0.678. The lowest BCUT2D eigenvalue weighted by molar-refractivity contribution is -0.127. The van der Waals surface area contributed by atoms with Crippen LogP contribution < -0.4 is 5.32 Å². The summed E-state index contributed by atoms with van der Waals surface area (Å²) in [5.74, 6) is 0.0513. The molecular formula is C13H27ClN2O3S. The van der Waals surface area contributed by atoms with Gasteiger partial charge in [-0.2, -0.15) is 0 Å². The summed E-state index contributed by atoms with van der Waals surface area (Å²) in [5, 5.41) is 3.10. The highest BCUT2D eigenvalue weighted by molar-refractivity contribution is 7.92. The van der Waals surface area contributed by atoms with E-state index in [1.165, 1.54) is 0 Å². The number of likely N-dealkylation sites (tertiary alicyclic amines) is 1. The fraction of sp³-hybridized carbons (Fsp3) is 0.923. The largest absolute Gasteiger partial charge is 0.341 e. The van der Waals surface area contributed by atoms with Crippen molar-refractivity contribution in [3.05, 3.63) is 0 Å². The van der Waals surface area contributed by atoms with Crippen molar-refractivity contribution in [3.8, 4) is 0 Å². The SMILES string of the molecule is CCCCCS(=O)(=O)CC(=O)N1CCC(CNC)C1.Cl. The molecule has 0 spiro atoms. The number of rotatable bonds is 8. The van der Waals surface area contributed by atoms with Crippen LogP contribution in [0.4, 0.5) is 0 Å². The van der Waals surface area contributed by atoms with Crippen LogP contribution in [-0.4, -0.2) is 57.4 Å². The number of halogens is 1. The van der Waals surface area contributed by atoms with Gasteiger partial charge >= 0.3 is 0 Å². The normalized spacial score (nSPS) is 18.9. The molecule has 1 aliphatic heterocycles. The van der Waals surface area contributed by atoms with Crippen molar-refractivity contribution < 1.29 is 13.2 Å². The third kappa shape index (κ3) is 6.90. The van der Waals surface area contributed by atoms with Gasteiger partial charge < -0.3 is 10.2 Å². The van der Waals surface area contributed by atoms with Crippen molar-refractivity contribution in [3.63, 3.8) is 0 Å². The topological polar surface area (TPSA) is 66.5 Å². The fourth-order valence-corrected chi connectivity index (χ4v) is 3.79. The van der Waals surface area contributed by atoms with Crippen LogP contribution in [-0.2, 0) is 14.6 Å². The van der Waals surface area contributed by atoms with E-state index in [9.17, 15) is 13.2 Å². The molecule has 1 aliphatic rings. The number of hydrogen-bond donors (Lipinski definition) is 1. The standard InChI is InChI=1S/C13H26N2O3S.ClH/c1-3-4-5-8-19(17,18)11-13(16)15-7-6-12(10-15)9-14-2;/h12,14H,3-11H2,1-2H3;1H. The maximum Gasteiger partial charge on any atom is 0.237 e. The predicted molar refractivity (Wildman–Crippen MR) is 84.0 cm³/mol. The molecule has 0 bridgehead atoms. The van der Waals surface area contributed by atoms with Crippen LogP contribution in [0.15, 0.2) is 0 Å². The average molecular weight is 327 g/mol. The Labute approximate surface area is 128 Å². The number of sulfone groups is 1. The zero-order valence-corrected chi connectivity index (χ0v) is 14.1. The van der Waals surface area contributed by atoms with Crippen LogP contribution in [0, 0.1) is 5.92 Å². The van der Waals surface area contributed by atoms with Crippen LogP contribution >= 0.6 is 12.4 Å². The molecule has 0 aromatic heterocycles. The molecular weight excluding hydrogens is 300 g/mol. The van der Waals surface area contributed by atoms with Gasteiger partial charge in [0.15, 0.2) is 9.84 Å². The van der Waals surface area contributed by atoms with Gasteiger partial charge in [-0.1, -0.05) is 19.8 Å². The maximum absolute atomic E-state index is 12.0. The van der Waals surface area contributed by atoms with E-state index in [-0.39, 0.29) is 29.8 Å². The Morgan fingerprint density at radius 1 is 1.35 bits per heavy atom. The first-order chi connectivity index (χ1) is 8.98. The second-order valence-corrected chi connectivity index (χ2v) is 7.54. The van der Waals surface area contributed by atoms with Crippen molar-refractivity contribution in [2.45, 2.75) is 32.6 Å². The van der Waals surface area contributed by atoms with E-state index in [1.54, 1.807) is 4.90 Å². The molecule has 0 saturated carbocycles. The highest BCUT2D eigenvalue weighted by Gasteiger charge is 2.28. The molecule has 1 heterocycles. The van der Waals surface area contributed by atoms with Crippen molar-refractivity contribution in [2.75, 3.05) is 38.2 Å².